The van der Waals surface area contributed by atoms with Crippen LogP contribution in [-0.2, 0) is 0 Å². The van der Waals surface area contributed by atoms with Crippen LogP contribution >= 0.6 is 17.5 Å². The summed E-state index contributed by atoms with van der Waals surface area (Å²) in [7, 11) is -19.5. The van der Waals surface area contributed by atoms with Gasteiger partial charge in [0.05, 0.1) is 27.3 Å². The second-order valence-electron chi connectivity index (χ2n) is 4.04. The summed E-state index contributed by atoms with van der Waals surface area (Å²) >= 11 is 0. The van der Waals surface area contributed by atoms with E-state index in [4.69, 9.17) is 0 Å². The van der Waals surface area contributed by atoms with E-state index in [2.05, 4.69) is 0 Å². The van der Waals surface area contributed by atoms with Crippen molar-refractivity contribution < 1.29 is 45.5 Å². The third kappa shape index (κ3) is 11.3. The lowest BCUT2D eigenvalue weighted by Gasteiger charge is -2.37. The molecule has 0 saturated heterocycles. The Morgan fingerprint density at radius 3 is 1.05 bits per heavy atom. The van der Waals surface area contributed by atoms with Crippen LogP contribution in [0.15, 0.2) is 10.7 Å². The highest BCUT2D eigenvalue weighted by molar-refractivity contribution is 8.48. The van der Waals surface area contributed by atoms with Gasteiger partial charge in [-0.2, -0.15) is 8.78 Å². The molecule has 0 aliphatic heterocycles. The number of rotatable bonds is 2. The van der Waals surface area contributed by atoms with Gasteiger partial charge in [0.2, 0.25) is 0 Å². The van der Waals surface area contributed by atoms with Crippen molar-refractivity contribution in [3.63, 3.8) is 0 Å². The van der Waals surface area contributed by atoms with Crippen LogP contribution in [0.4, 0.5) is 45.5 Å². The lowest BCUT2D eigenvalue weighted by molar-refractivity contribution is 0.352. The highest BCUT2D eigenvalue weighted by Gasteiger charge is 2.72. The van der Waals surface area contributed by atoms with E-state index in [1.165, 1.54) is 0 Å². The molecular formula is C5H9BF11PS. The fourth-order valence-corrected chi connectivity index (χ4v) is 2.61. The zero-order valence-corrected chi connectivity index (χ0v) is 11.3. The first-order valence-electron chi connectivity index (χ1n) is 4.04. The second-order valence-corrected chi connectivity index (χ2v) is 10.8. The Kier molecular flexibility index (Phi) is 5.20. The van der Waals surface area contributed by atoms with Crippen molar-refractivity contribution in [1.29, 1.82) is 0 Å². The second kappa shape index (κ2) is 4.68. The van der Waals surface area contributed by atoms with Gasteiger partial charge in [-0.15, -0.1) is 0 Å². The SMILES string of the molecule is C[P+](C)(C)/C(F)=C(\F)S(F)(F)(F)(F)F.F[B-](F)(F)F. The molecule has 0 rings (SSSR count). The van der Waals surface area contributed by atoms with Crippen molar-refractivity contribution in [3.05, 3.63) is 10.7 Å². The van der Waals surface area contributed by atoms with Crippen molar-refractivity contribution in [1.82, 2.24) is 0 Å². The predicted octanol–water partition coefficient (Wildman–Crippen LogP) is 6.56. The molecule has 19 heavy (non-hydrogen) atoms. The number of hydrogen-bond donors (Lipinski definition) is 0. The van der Waals surface area contributed by atoms with Crippen LogP contribution in [0.1, 0.15) is 0 Å². The van der Waals surface area contributed by atoms with Gasteiger partial charge in [0.15, 0.2) is 0 Å². The van der Waals surface area contributed by atoms with E-state index >= 15 is 0 Å². The van der Waals surface area contributed by atoms with Crippen molar-refractivity contribution in [2.24, 2.45) is 0 Å². The summed E-state index contributed by atoms with van der Waals surface area (Å²) in [6, 6.07) is 0. The quantitative estimate of drug-likeness (QED) is 0.300. The third-order valence-electron chi connectivity index (χ3n) is 1.09. The molecule has 120 valence electrons. The van der Waals surface area contributed by atoms with Crippen LogP contribution in [0, 0.1) is 0 Å². The minimum Gasteiger partial charge on any atom is -0.418 e. The summed E-state index contributed by atoms with van der Waals surface area (Å²) in [6.07, 6.45) is 0. The highest BCUT2D eigenvalue weighted by atomic mass is 32.5. The Morgan fingerprint density at radius 1 is 0.789 bits per heavy atom. The molecule has 0 amide bonds. The molecule has 0 heterocycles. The van der Waals surface area contributed by atoms with Gasteiger partial charge in [0.1, 0.15) is 0 Å². The van der Waals surface area contributed by atoms with Crippen LogP contribution in [0.5, 0.6) is 0 Å². The summed E-state index contributed by atoms with van der Waals surface area (Å²) < 4.78 is 123. The van der Waals surface area contributed by atoms with Crippen LogP contribution in [-0.4, -0.2) is 27.2 Å². The molecule has 0 N–H and O–H groups in total. The van der Waals surface area contributed by atoms with Gasteiger partial charge in [-0.1, -0.05) is 19.4 Å². The first-order valence-corrected chi connectivity index (χ1v) is 9.12. The Hall–Kier alpha value is -0.185. The molecule has 14 heteroatoms. The van der Waals surface area contributed by atoms with Crippen LogP contribution in [0.25, 0.3) is 0 Å². The van der Waals surface area contributed by atoms with Crippen molar-refractivity contribution in [2.45, 2.75) is 0 Å². The summed E-state index contributed by atoms with van der Waals surface area (Å²) in [5.74, 6) is 0. The summed E-state index contributed by atoms with van der Waals surface area (Å²) in [5, 5.41) is -3.84. The van der Waals surface area contributed by atoms with E-state index in [9.17, 15) is 45.5 Å². The lowest BCUT2D eigenvalue weighted by atomic mass is 10.3. The Balaban J connectivity index is 0. The molecule has 0 aromatic rings. The molecular weight excluding hydrogens is 343 g/mol. The Bertz CT molecular complexity index is 352. The molecule has 0 aromatic heterocycles. The largest absolute Gasteiger partial charge is 0.673 e. The smallest absolute Gasteiger partial charge is 0.418 e. The number of hydrogen-bond acceptors (Lipinski definition) is 0. The average molecular weight is 352 g/mol. The van der Waals surface area contributed by atoms with Crippen LogP contribution < -0.4 is 0 Å². The van der Waals surface area contributed by atoms with Gasteiger partial charge in [0, 0.05) is 0 Å². The summed E-state index contributed by atoms with van der Waals surface area (Å²) in [6.45, 7) is 2.89. The molecule has 0 aromatic carbocycles. The maximum Gasteiger partial charge on any atom is 0.673 e. The molecule has 0 atom stereocenters. The molecule has 0 radical (unpaired) electrons. The van der Waals surface area contributed by atoms with Gasteiger partial charge in [-0.3, -0.25) is 0 Å². The molecule has 0 saturated carbocycles. The van der Waals surface area contributed by atoms with Crippen LogP contribution in [0.3, 0.4) is 0 Å². The lowest BCUT2D eigenvalue weighted by Crippen LogP contribution is -2.08. The van der Waals surface area contributed by atoms with Crippen molar-refractivity contribution >= 4 is 24.7 Å². The Morgan fingerprint density at radius 2 is 1.00 bits per heavy atom. The van der Waals surface area contributed by atoms with E-state index < -0.39 is 35.5 Å². The maximum atomic E-state index is 12.7. The van der Waals surface area contributed by atoms with Gasteiger partial charge in [-0.25, -0.2) is 0 Å². The molecule has 0 unspecified atom stereocenters. The molecule has 0 nitrogen and oxygen atoms in total. The summed E-state index contributed by atoms with van der Waals surface area (Å²) in [5.41, 5.74) is -2.38. The molecule has 0 fully saturated rings. The first-order chi connectivity index (χ1) is 7.55. The fraction of sp³-hybridized carbons (Fsp3) is 0.600. The van der Waals surface area contributed by atoms with E-state index in [0.29, 0.717) is 0 Å². The molecule has 0 aliphatic rings. The fourth-order valence-electron chi connectivity index (χ4n) is 0.423. The Labute approximate surface area is 102 Å². The van der Waals surface area contributed by atoms with E-state index in [0.717, 1.165) is 20.0 Å². The monoisotopic (exact) mass is 352 g/mol. The van der Waals surface area contributed by atoms with Crippen LogP contribution in [0.2, 0.25) is 0 Å². The van der Waals surface area contributed by atoms with Gasteiger partial charge in [0.25, 0.3) is 5.57 Å². The van der Waals surface area contributed by atoms with E-state index in [-0.39, 0.29) is 0 Å². The van der Waals surface area contributed by atoms with Gasteiger partial charge < -0.3 is 17.3 Å². The predicted molar refractivity (Wildman–Crippen MR) is 57.3 cm³/mol. The average Bonchev–Trinajstić information content (AvgIpc) is 1.91. The van der Waals surface area contributed by atoms with E-state index in [1.807, 2.05) is 0 Å². The maximum absolute atomic E-state index is 12.7. The number of halogens is 11. The highest BCUT2D eigenvalue weighted by Crippen LogP contribution is 3.03. The zero-order chi connectivity index (χ0) is 16.6. The van der Waals surface area contributed by atoms with E-state index in [1.54, 1.807) is 0 Å². The molecule has 0 bridgehead atoms. The molecule has 0 aliphatic carbocycles. The van der Waals surface area contributed by atoms with Gasteiger partial charge >= 0.3 is 22.6 Å². The van der Waals surface area contributed by atoms with Crippen molar-refractivity contribution in [3.8, 4) is 0 Å². The topological polar surface area (TPSA) is 0 Å². The molecule has 0 spiro atoms. The summed E-state index contributed by atoms with van der Waals surface area (Å²) in [4.78, 5) is 0. The standard InChI is InChI=1S/C5H9F7PS.BF4/c1-13(2,3)4(6)5(7)14(8,9,10,11)12;2-1(3,4)5/h1-3H3;/q+1;-1/b5-4+;. The van der Waals surface area contributed by atoms with Gasteiger partial charge in [-0.05, 0) is 0 Å². The first kappa shape index (κ1) is 21.1. The minimum atomic E-state index is -10.5. The minimum absolute atomic E-state index is 0.964. The van der Waals surface area contributed by atoms with Crippen molar-refractivity contribution in [2.75, 3.05) is 20.0 Å². The normalized spacial score (nSPS) is 18.6. The third-order valence-corrected chi connectivity index (χ3v) is 3.47. The zero-order valence-electron chi connectivity index (χ0n) is 9.59.